The Hall–Kier alpha value is -1.62. The van der Waals surface area contributed by atoms with Crippen molar-refractivity contribution in [3.05, 3.63) is 29.6 Å². The van der Waals surface area contributed by atoms with E-state index in [2.05, 4.69) is 5.32 Å². The number of halogens is 1. The lowest BCUT2D eigenvalue weighted by molar-refractivity contribution is -0.123. The molecule has 4 nitrogen and oxygen atoms in total. The second kappa shape index (κ2) is 6.52. The fourth-order valence-electron chi connectivity index (χ4n) is 1.80. The summed E-state index contributed by atoms with van der Waals surface area (Å²) in [6.45, 7) is 1.08. The molecule has 0 aliphatic heterocycles. The zero-order chi connectivity index (χ0) is 13.7. The third-order valence-corrected chi connectivity index (χ3v) is 3.02. The van der Waals surface area contributed by atoms with Crippen LogP contribution in [-0.2, 0) is 11.2 Å². The van der Waals surface area contributed by atoms with Gasteiger partial charge in [0.15, 0.2) is 6.61 Å². The Balaban J connectivity index is 1.81. The van der Waals surface area contributed by atoms with Crippen molar-refractivity contribution in [2.45, 2.75) is 19.3 Å². The van der Waals surface area contributed by atoms with Crippen LogP contribution in [-0.4, -0.2) is 25.6 Å². The molecule has 1 saturated carbocycles. The zero-order valence-corrected chi connectivity index (χ0v) is 10.8. The highest BCUT2D eigenvalue weighted by Crippen LogP contribution is 2.27. The van der Waals surface area contributed by atoms with Gasteiger partial charge in [0.1, 0.15) is 11.6 Å². The molecule has 1 fully saturated rings. The van der Waals surface area contributed by atoms with Crippen molar-refractivity contribution >= 4 is 5.91 Å². The van der Waals surface area contributed by atoms with Gasteiger partial charge in [0.05, 0.1) is 0 Å². The molecule has 0 unspecified atom stereocenters. The maximum Gasteiger partial charge on any atom is 0.257 e. The highest BCUT2D eigenvalue weighted by molar-refractivity contribution is 5.77. The van der Waals surface area contributed by atoms with E-state index in [4.69, 9.17) is 10.5 Å². The molecule has 0 atom stereocenters. The quantitative estimate of drug-likeness (QED) is 0.780. The summed E-state index contributed by atoms with van der Waals surface area (Å²) < 4.78 is 18.6. The number of ether oxygens (including phenoxy) is 1. The molecule has 1 aliphatic rings. The van der Waals surface area contributed by atoms with Gasteiger partial charge in [-0.25, -0.2) is 4.39 Å². The van der Waals surface area contributed by atoms with E-state index in [0.717, 1.165) is 5.56 Å². The largest absolute Gasteiger partial charge is 0.484 e. The summed E-state index contributed by atoms with van der Waals surface area (Å²) >= 11 is 0. The van der Waals surface area contributed by atoms with Gasteiger partial charge in [-0.1, -0.05) is 0 Å². The molecular weight excluding hydrogens is 247 g/mol. The van der Waals surface area contributed by atoms with Crippen LogP contribution in [0.1, 0.15) is 18.4 Å². The van der Waals surface area contributed by atoms with E-state index in [9.17, 15) is 9.18 Å². The predicted octanol–water partition coefficient (Wildman–Crippen LogP) is 1.23. The molecule has 1 aromatic carbocycles. The molecule has 1 aromatic rings. The molecule has 0 heterocycles. The molecule has 0 saturated heterocycles. The van der Waals surface area contributed by atoms with E-state index in [-0.39, 0.29) is 18.3 Å². The van der Waals surface area contributed by atoms with Crippen molar-refractivity contribution < 1.29 is 13.9 Å². The molecule has 19 heavy (non-hydrogen) atoms. The number of hydrogen-bond acceptors (Lipinski definition) is 3. The van der Waals surface area contributed by atoms with E-state index >= 15 is 0 Å². The lowest BCUT2D eigenvalue weighted by Crippen LogP contribution is -2.30. The summed E-state index contributed by atoms with van der Waals surface area (Å²) in [5.41, 5.74) is 6.20. The molecule has 0 aromatic heterocycles. The van der Waals surface area contributed by atoms with Gasteiger partial charge in [-0.2, -0.15) is 0 Å². The molecule has 5 heteroatoms. The lowest BCUT2D eigenvalue weighted by Gasteiger charge is -2.09. The van der Waals surface area contributed by atoms with E-state index in [1.54, 1.807) is 6.07 Å². The van der Waals surface area contributed by atoms with Gasteiger partial charge in [-0.05, 0) is 49.4 Å². The Morgan fingerprint density at radius 2 is 2.21 bits per heavy atom. The lowest BCUT2D eigenvalue weighted by atomic mass is 10.1. The van der Waals surface area contributed by atoms with E-state index < -0.39 is 0 Å². The van der Waals surface area contributed by atoms with Crippen LogP contribution in [0.25, 0.3) is 0 Å². The number of benzene rings is 1. The van der Waals surface area contributed by atoms with Gasteiger partial charge in [-0.3, -0.25) is 4.79 Å². The van der Waals surface area contributed by atoms with Gasteiger partial charge in [0.25, 0.3) is 5.91 Å². The van der Waals surface area contributed by atoms with Crippen LogP contribution in [0, 0.1) is 11.7 Å². The van der Waals surface area contributed by atoms with Crippen LogP contribution in [0.15, 0.2) is 18.2 Å². The second-order valence-corrected chi connectivity index (χ2v) is 4.87. The Labute approximate surface area is 112 Å². The summed E-state index contributed by atoms with van der Waals surface area (Å²) in [6, 6.07) is 4.41. The van der Waals surface area contributed by atoms with Gasteiger partial charge in [0.2, 0.25) is 0 Å². The maximum atomic E-state index is 13.3. The molecule has 0 spiro atoms. The number of carbonyl (C=O) groups excluding carboxylic acids is 1. The van der Waals surface area contributed by atoms with Crippen LogP contribution in [0.5, 0.6) is 5.75 Å². The number of amides is 1. The van der Waals surface area contributed by atoms with Crippen LogP contribution in [0.4, 0.5) is 4.39 Å². The Kier molecular flexibility index (Phi) is 4.74. The molecule has 0 bridgehead atoms. The molecule has 104 valence electrons. The van der Waals surface area contributed by atoms with Crippen molar-refractivity contribution in [2.75, 3.05) is 19.7 Å². The first-order chi connectivity index (χ1) is 9.17. The number of hydrogen-bond donors (Lipinski definition) is 2. The molecule has 3 N–H and O–H groups in total. The van der Waals surface area contributed by atoms with Crippen LogP contribution >= 0.6 is 0 Å². The summed E-state index contributed by atoms with van der Waals surface area (Å²) in [7, 11) is 0. The number of nitrogens with one attached hydrogen (secondary N) is 1. The fraction of sp³-hybridized carbons (Fsp3) is 0.500. The standard InChI is InChI=1S/C14H19FN2O2/c15-12-5-11(3-4-16)6-13(7-12)19-9-14(18)17-8-10-1-2-10/h5-7,10H,1-4,8-9,16H2,(H,17,18). The highest BCUT2D eigenvalue weighted by Gasteiger charge is 2.21. The van der Waals surface area contributed by atoms with E-state index in [0.29, 0.717) is 31.2 Å². The highest BCUT2D eigenvalue weighted by atomic mass is 19.1. The average Bonchev–Trinajstić information content (AvgIpc) is 3.18. The van der Waals surface area contributed by atoms with Crippen molar-refractivity contribution in [3.8, 4) is 5.75 Å². The van der Waals surface area contributed by atoms with Crippen molar-refractivity contribution in [2.24, 2.45) is 11.7 Å². The summed E-state index contributed by atoms with van der Waals surface area (Å²) in [5, 5.41) is 2.79. The van der Waals surface area contributed by atoms with Gasteiger partial charge in [0, 0.05) is 12.6 Å². The van der Waals surface area contributed by atoms with E-state index in [1.165, 1.54) is 25.0 Å². The van der Waals surface area contributed by atoms with Crippen molar-refractivity contribution in [1.29, 1.82) is 0 Å². The normalized spacial score (nSPS) is 14.2. The SMILES string of the molecule is NCCc1cc(F)cc(OCC(=O)NCC2CC2)c1. The maximum absolute atomic E-state index is 13.3. The molecule has 1 amide bonds. The molecule has 1 aliphatic carbocycles. The van der Waals surface area contributed by atoms with Gasteiger partial charge >= 0.3 is 0 Å². The van der Waals surface area contributed by atoms with Crippen LogP contribution in [0.2, 0.25) is 0 Å². The smallest absolute Gasteiger partial charge is 0.257 e. The third-order valence-electron chi connectivity index (χ3n) is 3.02. The summed E-state index contributed by atoms with van der Waals surface area (Å²) in [4.78, 5) is 11.5. The van der Waals surface area contributed by atoms with Crippen LogP contribution in [0.3, 0.4) is 0 Å². The Morgan fingerprint density at radius 3 is 2.89 bits per heavy atom. The Morgan fingerprint density at radius 1 is 1.42 bits per heavy atom. The summed E-state index contributed by atoms with van der Waals surface area (Å²) in [6.07, 6.45) is 2.96. The second-order valence-electron chi connectivity index (χ2n) is 4.87. The van der Waals surface area contributed by atoms with Gasteiger partial charge < -0.3 is 15.8 Å². The van der Waals surface area contributed by atoms with E-state index in [1.807, 2.05) is 0 Å². The zero-order valence-electron chi connectivity index (χ0n) is 10.8. The first kappa shape index (κ1) is 13.8. The monoisotopic (exact) mass is 266 g/mol. The number of nitrogens with two attached hydrogens (primary N) is 1. The number of rotatable bonds is 7. The average molecular weight is 266 g/mol. The Bertz CT molecular complexity index is 447. The predicted molar refractivity (Wildman–Crippen MR) is 70.4 cm³/mol. The van der Waals surface area contributed by atoms with Crippen molar-refractivity contribution in [1.82, 2.24) is 5.32 Å². The topological polar surface area (TPSA) is 64.3 Å². The molecule has 2 rings (SSSR count). The molecular formula is C14H19FN2O2. The first-order valence-electron chi connectivity index (χ1n) is 6.56. The van der Waals surface area contributed by atoms with Crippen molar-refractivity contribution in [3.63, 3.8) is 0 Å². The minimum absolute atomic E-state index is 0.0851. The minimum atomic E-state index is -0.376. The minimum Gasteiger partial charge on any atom is -0.484 e. The number of carbonyl (C=O) groups is 1. The summed E-state index contributed by atoms with van der Waals surface area (Å²) in [5.74, 6) is 0.454. The third kappa shape index (κ3) is 4.87. The van der Waals surface area contributed by atoms with Crippen LogP contribution < -0.4 is 15.8 Å². The fourth-order valence-corrected chi connectivity index (χ4v) is 1.80. The van der Waals surface area contributed by atoms with Gasteiger partial charge in [-0.15, -0.1) is 0 Å². The first-order valence-corrected chi connectivity index (χ1v) is 6.56. The molecule has 0 radical (unpaired) electrons.